The summed E-state index contributed by atoms with van der Waals surface area (Å²) in [6.45, 7) is 12.1. The number of pyridine rings is 1. The van der Waals surface area contributed by atoms with E-state index < -0.39 is 0 Å². The lowest BCUT2D eigenvalue weighted by atomic mass is 10.0. The standard InChI is InChI=1S/C38H26N4/c1-24-12-15-29-27-8-4-6-10-33(27)41(35(29)20-24)37-22-26(39-3)14-17-31(37)32-18-19-40-23-38(32)42-34-11-7-5-9-28(34)30-16-13-25(2)21-36(30)42/h4-23H,1-2H3. The molecule has 3 aromatic heterocycles. The molecule has 4 nitrogen and oxygen atoms in total. The number of fused-ring (bicyclic) bond motifs is 6. The van der Waals surface area contributed by atoms with E-state index >= 15 is 0 Å². The van der Waals surface area contributed by atoms with E-state index in [0.29, 0.717) is 5.69 Å². The lowest BCUT2D eigenvalue weighted by Gasteiger charge is -2.18. The van der Waals surface area contributed by atoms with Crippen molar-refractivity contribution in [2.45, 2.75) is 13.8 Å². The van der Waals surface area contributed by atoms with Gasteiger partial charge in [0.25, 0.3) is 0 Å². The van der Waals surface area contributed by atoms with E-state index in [-0.39, 0.29) is 0 Å². The van der Waals surface area contributed by atoms with Gasteiger partial charge in [-0.3, -0.25) is 4.98 Å². The summed E-state index contributed by atoms with van der Waals surface area (Å²) in [7, 11) is 0. The highest BCUT2D eigenvalue weighted by Crippen LogP contribution is 2.41. The average molecular weight is 539 g/mol. The van der Waals surface area contributed by atoms with Gasteiger partial charge in [-0.15, -0.1) is 0 Å². The normalized spacial score (nSPS) is 11.5. The van der Waals surface area contributed by atoms with Crippen LogP contribution in [0.4, 0.5) is 5.69 Å². The largest absolute Gasteiger partial charge is 0.310 e. The van der Waals surface area contributed by atoms with Crippen LogP contribution in [-0.2, 0) is 0 Å². The maximum atomic E-state index is 7.86. The van der Waals surface area contributed by atoms with Gasteiger partial charge in [0.15, 0.2) is 5.69 Å². The molecule has 0 bridgehead atoms. The summed E-state index contributed by atoms with van der Waals surface area (Å²) in [5.74, 6) is 0. The second kappa shape index (κ2) is 9.19. The maximum Gasteiger partial charge on any atom is 0.189 e. The van der Waals surface area contributed by atoms with Crippen LogP contribution in [0.5, 0.6) is 0 Å². The van der Waals surface area contributed by atoms with Crippen molar-refractivity contribution in [2.24, 2.45) is 0 Å². The van der Waals surface area contributed by atoms with Gasteiger partial charge in [-0.2, -0.15) is 0 Å². The third-order valence-electron chi connectivity index (χ3n) is 8.34. The molecule has 0 aliphatic rings. The lowest BCUT2D eigenvalue weighted by Crippen LogP contribution is -2.02. The summed E-state index contributed by atoms with van der Waals surface area (Å²) in [6, 6.07) is 38.5. The molecule has 42 heavy (non-hydrogen) atoms. The zero-order valence-electron chi connectivity index (χ0n) is 23.3. The second-order valence-corrected chi connectivity index (χ2v) is 11.0. The molecule has 8 rings (SSSR count). The van der Waals surface area contributed by atoms with E-state index in [1.807, 2.05) is 24.5 Å². The Balaban J connectivity index is 1.50. The Morgan fingerprint density at radius 3 is 1.71 bits per heavy atom. The first-order chi connectivity index (χ1) is 20.6. The first-order valence-electron chi connectivity index (χ1n) is 14.1. The smallest absolute Gasteiger partial charge is 0.189 e. The van der Waals surface area contributed by atoms with Crippen LogP contribution < -0.4 is 0 Å². The Kier molecular flexibility index (Phi) is 5.29. The van der Waals surface area contributed by atoms with Gasteiger partial charge >= 0.3 is 0 Å². The average Bonchev–Trinajstić information content (AvgIpc) is 3.52. The van der Waals surface area contributed by atoms with Crippen LogP contribution in [0.2, 0.25) is 0 Å². The number of nitrogens with zero attached hydrogens (tertiary/aromatic N) is 4. The highest BCUT2D eigenvalue weighted by atomic mass is 15.0. The second-order valence-electron chi connectivity index (χ2n) is 11.0. The van der Waals surface area contributed by atoms with Crippen LogP contribution in [0.3, 0.4) is 0 Å². The fraction of sp³-hybridized carbons (Fsp3) is 0.0526. The molecule has 0 unspecified atom stereocenters. The van der Waals surface area contributed by atoms with Crippen molar-refractivity contribution in [3.05, 3.63) is 144 Å². The fourth-order valence-corrected chi connectivity index (χ4v) is 6.47. The number of aryl methyl sites for hydroxylation is 2. The van der Waals surface area contributed by atoms with Gasteiger partial charge in [0, 0.05) is 44.6 Å². The zero-order valence-corrected chi connectivity index (χ0v) is 23.3. The maximum absolute atomic E-state index is 7.86. The molecule has 0 aliphatic heterocycles. The van der Waals surface area contributed by atoms with Gasteiger partial charge < -0.3 is 9.13 Å². The summed E-state index contributed by atoms with van der Waals surface area (Å²) in [4.78, 5) is 8.46. The van der Waals surface area contributed by atoms with Crippen LogP contribution in [-0.4, -0.2) is 14.1 Å². The number of hydrogen-bond donors (Lipinski definition) is 0. The Labute approximate surface area is 243 Å². The zero-order chi connectivity index (χ0) is 28.4. The Bertz CT molecular complexity index is 2400. The molecule has 8 aromatic rings. The van der Waals surface area contributed by atoms with Crippen molar-refractivity contribution in [3.8, 4) is 22.5 Å². The highest BCUT2D eigenvalue weighted by Gasteiger charge is 2.20. The highest BCUT2D eigenvalue weighted by molar-refractivity contribution is 6.11. The van der Waals surface area contributed by atoms with Gasteiger partial charge in [0.1, 0.15) is 0 Å². The molecular weight excluding hydrogens is 512 g/mol. The van der Waals surface area contributed by atoms with Gasteiger partial charge in [-0.05, 0) is 61.4 Å². The minimum Gasteiger partial charge on any atom is -0.310 e. The van der Waals surface area contributed by atoms with Gasteiger partial charge in [-0.25, -0.2) is 4.85 Å². The third-order valence-corrected chi connectivity index (χ3v) is 8.34. The quantitative estimate of drug-likeness (QED) is 0.206. The molecule has 4 heteroatoms. The van der Waals surface area contributed by atoms with Crippen LogP contribution in [0, 0.1) is 20.4 Å². The molecule has 0 radical (unpaired) electrons. The van der Waals surface area contributed by atoms with E-state index in [0.717, 1.165) is 44.6 Å². The van der Waals surface area contributed by atoms with Crippen molar-refractivity contribution in [3.63, 3.8) is 0 Å². The molecule has 0 atom stereocenters. The van der Waals surface area contributed by atoms with Crippen molar-refractivity contribution in [2.75, 3.05) is 0 Å². The summed E-state index contributed by atoms with van der Waals surface area (Å²) in [5.41, 5.74) is 11.6. The number of aromatic nitrogens is 3. The Morgan fingerprint density at radius 2 is 1.10 bits per heavy atom. The van der Waals surface area contributed by atoms with E-state index in [1.54, 1.807) is 0 Å². The van der Waals surface area contributed by atoms with Gasteiger partial charge in [0.2, 0.25) is 0 Å². The predicted molar refractivity (Wildman–Crippen MR) is 174 cm³/mol. The first kappa shape index (κ1) is 24.2. The van der Waals surface area contributed by atoms with Gasteiger partial charge in [0.05, 0.1) is 40.5 Å². The summed E-state index contributed by atoms with van der Waals surface area (Å²) >= 11 is 0. The summed E-state index contributed by atoms with van der Waals surface area (Å²) in [6.07, 6.45) is 3.83. The van der Waals surface area contributed by atoms with E-state index in [1.165, 1.54) is 32.7 Å². The third kappa shape index (κ3) is 3.51. The number of rotatable bonds is 3. The number of para-hydroxylation sites is 2. The van der Waals surface area contributed by atoms with E-state index in [2.05, 4.69) is 130 Å². The minimum atomic E-state index is 0.607. The predicted octanol–water partition coefficient (Wildman–Crippen LogP) is 10.1. The van der Waals surface area contributed by atoms with Crippen molar-refractivity contribution in [1.29, 1.82) is 0 Å². The fourth-order valence-electron chi connectivity index (χ4n) is 6.47. The van der Waals surface area contributed by atoms with Crippen LogP contribution >= 0.6 is 0 Å². The number of benzene rings is 5. The molecule has 0 saturated carbocycles. The first-order valence-corrected chi connectivity index (χ1v) is 14.1. The van der Waals surface area contributed by atoms with Crippen molar-refractivity contribution >= 4 is 49.3 Å². The summed E-state index contributed by atoms with van der Waals surface area (Å²) in [5, 5.41) is 4.82. The van der Waals surface area contributed by atoms with Gasteiger partial charge in [-0.1, -0.05) is 72.8 Å². The van der Waals surface area contributed by atoms with Crippen molar-refractivity contribution < 1.29 is 0 Å². The van der Waals surface area contributed by atoms with Crippen LogP contribution in [0.15, 0.2) is 122 Å². The molecule has 5 aromatic carbocycles. The minimum absolute atomic E-state index is 0.607. The van der Waals surface area contributed by atoms with Crippen LogP contribution in [0.1, 0.15) is 11.1 Å². The van der Waals surface area contributed by atoms with E-state index in [9.17, 15) is 0 Å². The van der Waals surface area contributed by atoms with E-state index in [4.69, 9.17) is 6.57 Å². The molecule has 0 saturated heterocycles. The molecular formula is C38H26N4. The SMILES string of the molecule is [C-]#[N+]c1ccc(-c2ccncc2-n2c3ccccc3c3ccc(C)cc32)c(-n2c3ccccc3c3ccc(C)cc32)c1. The molecule has 0 N–H and O–H groups in total. The Hall–Kier alpha value is -5.66. The molecule has 0 amide bonds. The molecule has 198 valence electrons. The topological polar surface area (TPSA) is 27.1 Å². The van der Waals surface area contributed by atoms with Crippen molar-refractivity contribution in [1.82, 2.24) is 14.1 Å². The molecule has 3 heterocycles. The lowest BCUT2D eigenvalue weighted by molar-refractivity contribution is 1.13. The monoisotopic (exact) mass is 538 g/mol. The molecule has 0 aliphatic carbocycles. The van der Waals surface area contributed by atoms with Crippen LogP contribution in [0.25, 0.3) is 71.0 Å². The Morgan fingerprint density at radius 1 is 0.548 bits per heavy atom. The number of hydrogen-bond acceptors (Lipinski definition) is 1. The molecule has 0 fully saturated rings. The summed E-state index contributed by atoms with van der Waals surface area (Å²) < 4.78 is 4.66. The molecule has 0 spiro atoms.